The molecule has 0 bridgehead atoms. The van der Waals surface area contributed by atoms with Gasteiger partial charge in [0, 0.05) is 19.0 Å². The molecule has 0 radical (unpaired) electrons. The highest BCUT2D eigenvalue weighted by molar-refractivity contribution is 7.91. The van der Waals surface area contributed by atoms with Crippen LogP contribution in [0.15, 0.2) is 0 Å². The number of amides is 1. The molecule has 2 rings (SSSR count). The predicted octanol–water partition coefficient (Wildman–Crippen LogP) is 2.63. The molecule has 1 saturated carbocycles. The second kappa shape index (κ2) is 7.12. The normalized spacial score (nSPS) is 30.0. The maximum Gasteiger partial charge on any atom is 0.225 e. The molecule has 4 nitrogen and oxygen atoms in total. The van der Waals surface area contributed by atoms with Gasteiger partial charge in [-0.1, -0.05) is 19.8 Å². The number of rotatable bonds is 4. The Morgan fingerprint density at radius 3 is 2.14 bits per heavy atom. The van der Waals surface area contributed by atoms with Gasteiger partial charge in [0.1, 0.15) is 9.84 Å². The second-order valence-electron chi connectivity index (χ2n) is 6.84. The monoisotopic (exact) mass is 315 g/mol. The summed E-state index contributed by atoms with van der Waals surface area (Å²) in [7, 11) is -0.971. The van der Waals surface area contributed by atoms with Crippen LogP contribution in [0.1, 0.15) is 58.3 Å². The third kappa shape index (κ3) is 4.44. The fourth-order valence-corrected chi connectivity index (χ4v) is 5.33. The highest BCUT2D eigenvalue weighted by atomic mass is 32.2. The van der Waals surface area contributed by atoms with Crippen LogP contribution >= 0.6 is 0 Å². The van der Waals surface area contributed by atoms with E-state index in [4.69, 9.17) is 0 Å². The Kier molecular flexibility index (Phi) is 5.69. The van der Waals surface area contributed by atoms with Crippen molar-refractivity contribution in [1.82, 2.24) is 4.90 Å². The first kappa shape index (κ1) is 16.8. The molecule has 0 aromatic heterocycles. The number of carbonyl (C=O) groups excluding carboxylic acids is 1. The fraction of sp³-hybridized carbons (Fsp3) is 0.938. The molecule has 0 unspecified atom stereocenters. The summed E-state index contributed by atoms with van der Waals surface area (Å²) in [6.07, 6.45) is 8.26. The van der Waals surface area contributed by atoms with Crippen LogP contribution < -0.4 is 0 Å². The first-order valence-corrected chi connectivity index (χ1v) is 10.2. The van der Waals surface area contributed by atoms with Gasteiger partial charge in [0.25, 0.3) is 0 Å². The molecule has 0 atom stereocenters. The zero-order valence-corrected chi connectivity index (χ0v) is 14.2. The Morgan fingerprint density at radius 1 is 1.05 bits per heavy atom. The Bertz CT molecular complexity index is 438. The molecule has 0 aromatic carbocycles. The topological polar surface area (TPSA) is 54.5 Å². The van der Waals surface area contributed by atoms with Gasteiger partial charge in [-0.3, -0.25) is 4.79 Å². The maximum absolute atomic E-state index is 12.5. The van der Waals surface area contributed by atoms with Crippen molar-refractivity contribution in [3.63, 3.8) is 0 Å². The van der Waals surface area contributed by atoms with Crippen molar-refractivity contribution in [3.05, 3.63) is 0 Å². The minimum absolute atomic E-state index is 0.0770. The first-order valence-electron chi connectivity index (χ1n) is 8.40. The van der Waals surface area contributed by atoms with Gasteiger partial charge < -0.3 is 4.90 Å². The lowest BCUT2D eigenvalue weighted by Crippen LogP contribution is -2.44. The molecule has 122 valence electrons. The molecule has 2 fully saturated rings. The number of hydrogen-bond acceptors (Lipinski definition) is 3. The number of sulfone groups is 1. The molecule has 0 aromatic rings. The zero-order chi connectivity index (χ0) is 15.5. The average Bonchev–Trinajstić information content (AvgIpc) is 2.47. The summed E-state index contributed by atoms with van der Waals surface area (Å²) in [5, 5.41) is 0. The van der Waals surface area contributed by atoms with Crippen LogP contribution in [-0.4, -0.2) is 43.8 Å². The summed E-state index contributed by atoms with van der Waals surface area (Å²) in [5.74, 6) is 1.30. The Morgan fingerprint density at radius 2 is 1.62 bits per heavy atom. The largest absolute Gasteiger partial charge is 0.343 e. The Balaban J connectivity index is 1.83. The fourth-order valence-electron chi connectivity index (χ4n) is 3.83. The smallest absolute Gasteiger partial charge is 0.225 e. The van der Waals surface area contributed by atoms with Crippen molar-refractivity contribution in [2.75, 3.05) is 18.6 Å². The van der Waals surface area contributed by atoms with Gasteiger partial charge in [-0.15, -0.1) is 0 Å². The van der Waals surface area contributed by atoms with Crippen LogP contribution in [0.5, 0.6) is 0 Å². The van der Waals surface area contributed by atoms with E-state index >= 15 is 0 Å². The van der Waals surface area contributed by atoms with E-state index in [1.807, 2.05) is 11.9 Å². The van der Waals surface area contributed by atoms with Gasteiger partial charge in [-0.25, -0.2) is 8.42 Å². The van der Waals surface area contributed by atoms with Crippen molar-refractivity contribution in [2.45, 2.75) is 64.3 Å². The van der Waals surface area contributed by atoms with Crippen molar-refractivity contribution >= 4 is 15.7 Å². The minimum atomic E-state index is -2.88. The van der Waals surface area contributed by atoms with Crippen molar-refractivity contribution < 1.29 is 13.2 Å². The van der Waals surface area contributed by atoms with E-state index < -0.39 is 9.84 Å². The summed E-state index contributed by atoms with van der Waals surface area (Å²) < 4.78 is 22.9. The van der Waals surface area contributed by atoms with E-state index in [-0.39, 0.29) is 23.3 Å². The third-order valence-electron chi connectivity index (χ3n) is 5.31. The molecule has 0 spiro atoms. The van der Waals surface area contributed by atoms with Crippen LogP contribution in [0.4, 0.5) is 0 Å². The van der Waals surface area contributed by atoms with Crippen molar-refractivity contribution in [1.29, 1.82) is 0 Å². The lowest BCUT2D eigenvalue weighted by molar-refractivity contribution is -0.137. The predicted molar refractivity (Wildman–Crippen MR) is 84.8 cm³/mol. The van der Waals surface area contributed by atoms with Crippen LogP contribution in [0.2, 0.25) is 0 Å². The molecule has 1 saturated heterocycles. The Hall–Kier alpha value is -0.580. The summed E-state index contributed by atoms with van der Waals surface area (Å²) in [6.45, 7) is 2.23. The van der Waals surface area contributed by atoms with Gasteiger partial charge in [-0.05, 0) is 44.4 Å². The highest BCUT2D eigenvalue weighted by Crippen LogP contribution is 2.31. The van der Waals surface area contributed by atoms with Crippen molar-refractivity contribution in [2.24, 2.45) is 11.8 Å². The minimum Gasteiger partial charge on any atom is -0.343 e. The highest BCUT2D eigenvalue weighted by Gasteiger charge is 2.33. The molecule has 5 heteroatoms. The average molecular weight is 315 g/mol. The number of nitrogens with zero attached hydrogens (tertiary/aromatic N) is 1. The van der Waals surface area contributed by atoms with Gasteiger partial charge in [0.2, 0.25) is 5.91 Å². The number of carbonyl (C=O) groups is 1. The SMILES string of the molecule is CCCC1CCC(N(C)C(=O)C2CCS(=O)(=O)CC2)CC1. The molecule has 1 aliphatic heterocycles. The molecular weight excluding hydrogens is 286 g/mol. The van der Waals surface area contributed by atoms with E-state index in [1.165, 1.54) is 25.7 Å². The van der Waals surface area contributed by atoms with Crippen LogP contribution in [0.3, 0.4) is 0 Å². The molecule has 1 aliphatic carbocycles. The molecule has 21 heavy (non-hydrogen) atoms. The molecule has 1 heterocycles. The van der Waals surface area contributed by atoms with Crippen LogP contribution in [0, 0.1) is 11.8 Å². The van der Waals surface area contributed by atoms with E-state index in [0.29, 0.717) is 18.9 Å². The zero-order valence-electron chi connectivity index (χ0n) is 13.4. The van der Waals surface area contributed by atoms with Crippen LogP contribution in [0.25, 0.3) is 0 Å². The lowest BCUT2D eigenvalue weighted by atomic mass is 9.82. The third-order valence-corrected chi connectivity index (χ3v) is 7.03. The molecule has 0 N–H and O–H groups in total. The van der Waals surface area contributed by atoms with Gasteiger partial charge in [-0.2, -0.15) is 0 Å². The summed E-state index contributed by atoms with van der Waals surface area (Å²) in [5.41, 5.74) is 0. The molecule has 1 amide bonds. The number of hydrogen-bond donors (Lipinski definition) is 0. The van der Waals surface area contributed by atoms with Crippen LogP contribution in [-0.2, 0) is 14.6 Å². The lowest BCUT2D eigenvalue weighted by Gasteiger charge is -2.37. The summed E-state index contributed by atoms with van der Waals surface area (Å²) in [4.78, 5) is 14.5. The van der Waals surface area contributed by atoms with Gasteiger partial charge in [0.15, 0.2) is 0 Å². The summed E-state index contributed by atoms with van der Waals surface area (Å²) in [6, 6.07) is 0.365. The van der Waals surface area contributed by atoms with E-state index in [0.717, 1.165) is 18.8 Å². The van der Waals surface area contributed by atoms with Crippen molar-refractivity contribution in [3.8, 4) is 0 Å². The maximum atomic E-state index is 12.5. The van der Waals surface area contributed by atoms with Gasteiger partial charge in [0.05, 0.1) is 11.5 Å². The first-order chi connectivity index (χ1) is 9.93. The van der Waals surface area contributed by atoms with Gasteiger partial charge >= 0.3 is 0 Å². The quantitative estimate of drug-likeness (QED) is 0.801. The summed E-state index contributed by atoms with van der Waals surface area (Å²) >= 11 is 0. The van der Waals surface area contributed by atoms with E-state index in [1.54, 1.807) is 0 Å². The molecular formula is C16H29NO3S. The standard InChI is InChI=1S/C16H29NO3S/c1-3-4-13-5-7-15(8-6-13)17(2)16(18)14-9-11-21(19,20)12-10-14/h13-15H,3-12H2,1-2H3. The Labute approximate surface area is 129 Å². The van der Waals surface area contributed by atoms with E-state index in [9.17, 15) is 13.2 Å². The second-order valence-corrected chi connectivity index (χ2v) is 9.14. The molecule has 2 aliphatic rings. The van der Waals surface area contributed by atoms with E-state index in [2.05, 4.69) is 6.92 Å².